The Morgan fingerprint density at radius 2 is 1.72 bits per heavy atom. The van der Waals surface area contributed by atoms with E-state index in [1.54, 1.807) is 19.1 Å². The topological polar surface area (TPSA) is 101 Å². The standard InChI is InChI=1S/C16H26N2O5S2/c1-4-25(22,23)18(3)12-5-11-17-16(19)10-13-24(20,21)15-8-6-14(2)7-9-15/h6-9H,4-5,10-13H2,1-3H3,(H,17,19). The summed E-state index contributed by atoms with van der Waals surface area (Å²) in [6.45, 7) is 4.04. The molecule has 0 aliphatic rings. The Morgan fingerprint density at radius 1 is 1.12 bits per heavy atom. The van der Waals surface area contributed by atoms with Crippen LogP contribution < -0.4 is 5.32 Å². The number of carbonyl (C=O) groups excluding carboxylic acids is 1. The first-order valence-corrected chi connectivity index (χ1v) is 11.3. The van der Waals surface area contributed by atoms with Crippen LogP contribution in [0.5, 0.6) is 0 Å². The number of rotatable bonds is 10. The summed E-state index contributed by atoms with van der Waals surface area (Å²) in [6, 6.07) is 6.50. The summed E-state index contributed by atoms with van der Waals surface area (Å²) in [5.74, 6) is -0.588. The van der Waals surface area contributed by atoms with E-state index >= 15 is 0 Å². The van der Waals surface area contributed by atoms with Gasteiger partial charge in [0.05, 0.1) is 16.4 Å². The van der Waals surface area contributed by atoms with Crippen LogP contribution in [-0.4, -0.2) is 58.7 Å². The lowest BCUT2D eigenvalue weighted by Crippen LogP contribution is -2.32. The first-order chi connectivity index (χ1) is 11.6. The van der Waals surface area contributed by atoms with E-state index in [-0.39, 0.29) is 28.7 Å². The van der Waals surface area contributed by atoms with Crippen molar-refractivity contribution < 1.29 is 21.6 Å². The van der Waals surface area contributed by atoms with E-state index in [4.69, 9.17) is 0 Å². The summed E-state index contributed by atoms with van der Waals surface area (Å²) in [5, 5.41) is 2.62. The summed E-state index contributed by atoms with van der Waals surface area (Å²) < 4.78 is 48.7. The number of hydrogen-bond acceptors (Lipinski definition) is 5. The lowest BCUT2D eigenvalue weighted by atomic mass is 10.2. The highest BCUT2D eigenvalue weighted by atomic mass is 32.2. The molecule has 0 aliphatic carbocycles. The Kier molecular flexibility index (Phi) is 8.04. The molecule has 25 heavy (non-hydrogen) atoms. The molecule has 0 atom stereocenters. The zero-order valence-corrected chi connectivity index (χ0v) is 16.5. The van der Waals surface area contributed by atoms with Gasteiger partial charge in [-0.3, -0.25) is 4.79 Å². The Hall–Kier alpha value is -1.45. The summed E-state index contributed by atoms with van der Waals surface area (Å²) in [5.41, 5.74) is 0.965. The van der Waals surface area contributed by atoms with Gasteiger partial charge >= 0.3 is 0 Å². The van der Waals surface area contributed by atoms with Gasteiger partial charge in [-0.1, -0.05) is 17.7 Å². The third-order valence-electron chi connectivity index (χ3n) is 3.79. The molecule has 0 saturated heterocycles. The summed E-state index contributed by atoms with van der Waals surface area (Å²) >= 11 is 0. The molecule has 0 bridgehead atoms. The van der Waals surface area contributed by atoms with Crippen LogP contribution in [0, 0.1) is 6.92 Å². The van der Waals surface area contributed by atoms with Gasteiger partial charge < -0.3 is 5.32 Å². The smallest absolute Gasteiger partial charge is 0.221 e. The number of nitrogens with one attached hydrogen (secondary N) is 1. The van der Waals surface area contributed by atoms with Crippen LogP contribution in [0.1, 0.15) is 25.3 Å². The Morgan fingerprint density at radius 3 is 2.28 bits per heavy atom. The van der Waals surface area contributed by atoms with Crippen LogP contribution in [0.4, 0.5) is 0 Å². The van der Waals surface area contributed by atoms with E-state index in [0.29, 0.717) is 19.5 Å². The molecule has 142 valence electrons. The van der Waals surface area contributed by atoms with Gasteiger partial charge in [-0.25, -0.2) is 21.1 Å². The number of sulfonamides is 1. The SMILES string of the molecule is CCS(=O)(=O)N(C)CCCNC(=O)CCS(=O)(=O)c1ccc(C)cc1. The van der Waals surface area contributed by atoms with Gasteiger partial charge in [0.25, 0.3) is 0 Å². The number of hydrogen-bond donors (Lipinski definition) is 1. The number of sulfone groups is 1. The lowest BCUT2D eigenvalue weighted by Gasteiger charge is -2.15. The van der Waals surface area contributed by atoms with Crippen molar-refractivity contribution in [1.29, 1.82) is 0 Å². The van der Waals surface area contributed by atoms with E-state index in [1.165, 1.54) is 23.5 Å². The molecule has 0 saturated carbocycles. The zero-order valence-electron chi connectivity index (χ0n) is 14.9. The molecule has 0 unspecified atom stereocenters. The minimum atomic E-state index is -3.49. The van der Waals surface area contributed by atoms with Gasteiger partial charge in [-0.05, 0) is 32.4 Å². The minimum absolute atomic E-state index is 0.0345. The van der Waals surface area contributed by atoms with E-state index in [0.717, 1.165) is 5.56 Å². The van der Waals surface area contributed by atoms with Crippen molar-refractivity contribution in [2.45, 2.75) is 31.6 Å². The predicted octanol–water partition coefficient (Wildman–Crippen LogP) is 0.947. The van der Waals surface area contributed by atoms with Crippen LogP contribution in [-0.2, 0) is 24.7 Å². The monoisotopic (exact) mass is 390 g/mol. The molecule has 1 N–H and O–H groups in total. The molecule has 9 heteroatoms. The van der Waals surface area contributed by atoms with Crippen LogP contribution >= 0.6 is 0 Å². The van der Waals surface area contributed by atoms with Crippen molar-refractivity contribution in [2.24, 2.45) is 0 Å². The van der Waals surface area contributed by atoms with Crippen molar-refractivity contribution in [3.63, 3.8) is 0 Å². The maximum atomic E-state index is 12.2. The molecule has 0 heterocycles. The predicted molar refractivity (Wildman–Crippen MR) is 97.6 cm³/mol. The van der Waals surface area contributed by atoms with Gasteiger partial charge in [0.1, 0.15) is 0 Å². The van der Waals surface area contributed by atoms with E-state index < -0.39 is 19.9 Å². The van der Waals surface area contributed by atoms with Gasteiger partial charge in [0.15, 0.2) is 9.84 Å². The molecule has 0 fully saturated rings. The second kappa shape index (κ2) is 9.30. The molecule has 1 rings (SSSR count). The van der Waals surface area contributed by atoms with Crippen molar-refractivity contribution in [1.82, 2.24) is 9.62 Å². The van der Waals surface area contributed by atoms with E-state index in [2.05, 4.69) is 5.32 Å². The fourth-order valence-electron chi connectivity index (χ4n) is 2.07. The molecule has 0 aromatic heterocycles. The summed E-state index contributed by atoms with van der Waals surface area (Å²) in [6.07, 6.45) is 0.339. The van der Waals surface area contributed by atoms with Crippen LogP contribution in [0.25, 0.3) is 0 Å². The molecule has 1 amide bonds. The number of aryl methyl sites for hydroxylation is 1. The van der Waals surface area contributed by atoms with Crippen LogP contribution in [0.2, 0.25) is 0 Å². The third-order valence-corrected chi connectivity index (χ3v) is 7.38. The molecule has 1 aromatic carbocycles. The fraction of sp³-hybridized carbons (Fsp3) is 0.562. The molecule has 7 nitrogen and oxygen atoms in total. The fourth-order valence-corrected chi connectivity index (χ4v) is 4.16. The van der Waals surface area contributed by atoms with Gasteiger partial charge in [-0.2, -0.15) is 0 Å². The number of carbonyl (C=O) groups is 1. The van der Waals surface area contributed by atoms with E-state index in [1.807, 2.05) is 6.92 Å². The molecular weight excluding hydrogens is 364 g/mol. The zero-order chi connectivity index (χ0) is 19.1. The molecule has 0 radical (unpaired) electrons. The summed E-state index contributed by atoms with van der Waals surface area (Å²) in [7, 11) is -5.21. The Balaban J connectivity index is 2.37. The first-order valence-electron chi connectivity index (χ1n) is 8.08. The maximum absolute atomic E-state index is 12.2. The number of amides is 1. The van der Waals surface area contributed by atoms with Gasteiger partial charge in [0, 0.05) is 26.6 Å². The highest BCUT2D eigenvalue weighted by Gasteiger charge is 2.17. The molecule has 0 spiro atoms. The van der Waals surface area contributed by atoms with Gasteiger partial charge in [-0.15, -0.1) is 0 Å². The van der Waals surface area contributed by atoms with Crippen molar-refractivity contribution >= 4 is 25.8 Å². The highest BCUT2D eigenvalue weighted by molar-refractivity contribution is 7.91. The largest absolute Gasteiger partial charge is 0.356 e. The maximum Gasteiger partial charge on any atom is 0.221 e. The lowest BCUT2D eigenvalue weighted by molar-refractivity contribution is -0.120. The Bertz CT molecular complexity index is 771. The molecule has 0 aliphatic heterocycles. The van der Waals surface area contributed by atoms with E-state index in [9.17, 15) is 21.6 Å². The molecular formula is C16H26N2O5S2. The quantitative estimate of drug-likeness (QED) is 0.600. The average molecular weight is 391 g/mol. The third kappa shape index (κ3) is 7.13. The molecule has 1 aromatic rings. The van der Waals surface area contributed by atoms with Gasteiger partial charge in [0.2, 0.25) is 15.9 Å². The van der Waals surface area contributed by atoms with Crippen molar-refractivity contribution in [3.8, 4) is 0 Å². The first kappa shape index (κ1) is 21.6. The second-order valence-corrected chi connectivity index (χ2v) is 10.3. The highest BCUT2D eigenvalue weighted by Crippen LogP contribution is 2.13. The number of benzene rings is 1. The van der Waals surface area contributed by atoms with Crippen LogP contribution in [0.15, 0.2) is 29.2 Å². The minimum Gasteiger partial charge on any atom is -0.356 e. The van der Waals surface area contributed by atoms with Crippen molar-refractivity contribution in [2.75, 3.05) is 31.6 Å². The second-order valence-electron chi connectivity index (χ2n) is 5.81. The number of nitrogens with zero attached hydrogens (tertiary/aromatic N) is 1. The average Bonchev–Trinajstić information content (AvgIpc) is 2.57. The van der Waals surface area contributed by atoms with Crippen molar-refractivity contribution in [3.05, 3.63) is 29.8 Å². The Labute approximate surface area is 150 Å². The normalized spacial score (nSPS) is 12.3. The van der Waals surface area contributed by atoms with Crippen LogP contribution in [0.3, 0.4) is 0 Å². The summed E-state index contributed by atoms with van der Waals surface area (Å²) in [4.78, 5) is 12.0.